The molecule has 9 heteroatoms. The van der Waals surface area contributed by atoms with E-state index in [1.807, 2.05) is 21.9 Å². The molecule has 202 valence electrons. The van der Waals surface area contributed by atoms with Crippen molar-refractivity contribution in [2.75, 3.05) is 56.6 Å². The molecule has 39 heavy (non-hydrogen) atoms. The van der Waals surface area contributed by atoms with Gasteiger partial charge in [-0.1, -0.05) is 11.6 Å². The van der Waals surface area contributed by atoms with Crippen molar-refractivity contribution in [1.82, 2.24) is 9.80 Å². The number of methoxy groups -OCH3 is 1. The van der Waals surface area contributed by atoms with Gasteiger partial charge in [0.25, 0.3) is 17.7 Å². The van der Waals surface area contributed by atoms with Gasteiger partial charge in [0, 0.05) is 66.8 Å². The quantitative estimate of drug-likeness (QED) is 0.480. The number of rotatable bonds is 6. The third-order valence-electron chi connectivity index (χ3n) is 7.23. The van der Waals surface area contributed by atoms with E-state index in [1.165, 1.54) is 0 Å². The van der Waals surface area contributed by atoms with Crippen molar-refractivity contribution >= 4 is 40.7 Å². The smallest absolute Gasteiger partial charge is 0.256 e. The fraction of sp³-hybridized carbons (Fsp3) is 0.300. The molecular formula is C30H31ClN4O4. The van der Waals surface area contributed by atoms with E-state index in [-0.39, 0.29) is 17.7 Å². The lowest BCUT2D eigenvalue weighted by atomic mass is 10.1. The van der Waals surface area contributed by atoms with Crippen molar-refractivity contribution in [1.29, 1.82) is 0 Å². The minimum atomic E-state index is -0.273. The second kappa shape index (κ2) is 11.8. The minimum Gasteiger partial charge on any atom is -0.497 e. The van der Waals surface area contributed by atoms with E-state index in [0.717, 1.165) is 31.6 Å². The summed E-state index contributed by atoms with van der Waals surface area (Å²) in [6, 6.07) is 19.2. The summed E-state index contributed by atoms with van der Waals surface area (Å²) in [5.41, 5.74) is 3.02. The lowest BCUT2D eigenvalue weighted by molar-refractivity contribution is 0.0743. The van der Waals surface area contributed by atoms with Gasteiger partial charge in [0.2, 0.25) is 0 Å². The first-order valence-electron chi connectivity index (χ1n) is 13.1. The van der Waals surface area contributed by atoms with Crippen LogP contribution in [0.25, 0.3) is 0 Å². The molecule has 2 saturated heterocycles. The van der Waals surface area contributed by atoms with Crippen LogP contribution in [0.2, 0.25) is 5.02 Å². The second-order valence-electron chi connectivity index (χ2n) is 9.70. The van der Waals surface area contributed by atoms with Crippen LogP contribution in [-0.4, -0.2) is 73.9 Å². The van der Waals surface area contributed by atoms with Gasteiger partial charge in [0.05, 0.1) is 12.7 Å². The molecule has 1 N–H and O–H groups in total. The predicted molar refractivity (Wildman–Crippen MR) is 152 cm³/mol. The lowest BCUT2D eigenvalue weighted by Gasteiger charge is -2.37. The number of halogens is 1. The molecule has 0 atom stereocenters. The minimum absolute atomic E-state index is 0.0223. The van der Waals surface area contributed by atoms with Crippen LogP contribution >= 0.6 is 11.6 Å². The SMILES string of the molecule is COc1ccc(C(=O)N2CCN(c3ccc(NC(=O)c4ccc(Cl)cc4)cc3C(=O)N3CCCC3)CC2)cc1. The number of carbonyl (C=O) groups excluding carboxylic acids is 3. The van der Waals surface area contributed by atoms with Gasteiger partial charge in [-0.3, -0.25) is 14.4 Å². The summed E-state index contributed by atoms with van der Waals surface area (Å²) in [5, 5.41) is 3.46. The first-order chi connectivity index (χ1) is 18.9. The van der Waals surface area contributed by atoms with Gasteiger partial charge in [0.1, 0.15) is 5.75 Å². The first-order valence-corrected chi connectivity index (χ1v) is 13.5. The van der Waals surface area contributed by atoms with Crippen LogP contribution in [0.5, 0.6) is 5.75 Å². The Hall–Kier alpha value is -4.04. The van der Waals surface area contributed by atoms with Crippen LogP contribution in [0.3, 0.4) is 0 Å². The second-order valence-corrected chi connectivity index (χ2v) is 10.1. The number of piperazine rings is 1. The third-order valence-corrected chi connectivity index (χ3v) is 7.48. The Morgan fingerprint density at radius 2 is 1.36 bits per heavy atom. The molecule has 2 heterocycles. The zero-order chi connectivity index (χ0) is 27.4. The number of hydrogen-bond donors (Lipinski definition) is 1. The van der Waals surface area contributed by atoms with Crippen molar-refractivity contribution in [2.45, 2.75) is 12.8 Å². The summed E-state index contributed by atoms with van der Waals surface area (Å²) in [4.78, 5) is 45.2. The average molecular weight is 547 g/mol. The van der Waals surface area contributed by atoms with Crippen molar-refractivity contribution < 1.29 is 19.1 Å². The summed E-state index contributed by atoms with van der Waals surface area (Å²) >= 11 is 5.95. The molecule has 0 spiro atoms. The van der Waals surface area contributed by atoms with Crippen LogP contribution in [0.1, 0.15) is 43.9 Å². The molecule has 0 saturated carbocycles. The van der Waals surface area contributed by atoms with Crippen LogP contribution in [0.15, 0.2) is 66.7 Å². The summed E-state index contributed by atoms with van der Waals surface area (Å²) in [5.74, 6) is 0.372. The molecule has 8 nitrogen and oxygen atoms in total. The maximum absolute atomic E-state index is 13.6. The Balaban J connectivity index is 1.33. The van der Waals surface area contributed by atoms with Crippen LogP contribution < -0.4 is 15.0 Å². The van der Waals surface area contributed by atoms with Gasteiger partial charge in [-0.2, -0.15) is 0 Å². The molecule has 0 bridgehead atoms. The summed E-state index contributed by atoms with van der Waals surface area (Å²) in [6.45, 7) is 3.72. The number of anilines is 2. The van der Waals surface area contributed by atoms with E-state index >= 15 is 0 Å². The maximum Gasteiger partial charge on any atom is 0.256 e. The number of carbonyl (C=O) groups is 3. The topological polar surface area (TPSA) is 82.2 Å². The van der Waals surface area contributed by atoms with Crippen LogP contribution in [0.4, 0.5) is 11.4 Å². The van der Waals surface area contributed by atoms with Gasteiger partial charge in [-0.05, 0) is 79.6 Å². The number of likely N-dealkylation sites (tertiary alicyclic amines) is 1. The normalized spacial score (nSPS) is 15.3. The highest BCUT2D eigenvalue weighted by atomic mass is 35.5. The molecule has 0 radical (unpaired) electrons. The molecule has 2 fully saturated rings. The van der Waals surface area contributed by atoms with Crippen molar-refractivity contribution in [3.8, 4) is 5.75 Å². The zero-order valence-electron chi connectivity index (χ0n) is 21.9. The predicted octanol–water partition coefficient (Wildman–Crippen LogP) is 4.80. The fourth-order valence-electron chi connectivity index (χ4n) is 5.02. The Morgan fingerprint density at radius 3 is 2.00 bits per heavy atom. The monoisotopic (exact) mass is 546 g/mol. The van der Waals surface area contributed by atoms with Crippen LogP contribution in [0, 0.1) is 0 Å². The number of amides is 3. The average Bonchev–Trinajstić information content (AvgIpc) is 3.52. The molecule has 5 rings (SSSR count). The molecule has 2 aliphatic heterocycles. The fourth-order valence-corrected chi connectivity index (χ4v) is 5.15. The van der Waals surface area contributed by atoms with Crippen molar-refractivity contribution in [2.24, 2.45) is 0 Å². The van der Waals surface area contributed by atoms with Gasteiger partial charge >= 0.3 is 0 Å². The van der Waals surface area contributed by atoms with Gasteiger partial charge < -0.3 is 24.8 Å². The van der Waals surface area contributed by atoms with Gasteiger partial charge in [-0.25, -0.2) is 0 Å². The Kier molecular flexibility index (Phi) is 8.02. The van der Waals surface area contributed by atoms with E-state index in [2.05, 4.69) is 10.2 Å². The Morgan fingerprint density at radius 1 is 0.744 bits per heavy atom. The standard InChI is InChI=1S/C30H31ClN4O4/c1-39-25-11-6-22(7-12-25)29(37)35-18-16-33(17-19-35)27-13-10-24(20-26(27)30(38)34-14-2-3-15-34)32-28(36)21-4-8-23(31)9-5-21/h4-13,20H,2-3,14-19H2,1H3,(H,32,36). The van der Waals surface area contributed by atoms with E-state index in [0.29, 0.717) is 59.3 Å². The molecule has 0 aliphatic carbocycles. The third kappa shape index (κ3) is 6.01. The van der Waals surface area contributed by atoms with Crippen molar-refractivity contribution in [3.05, 3.63) is 88.4 Å². The molecule has 0 aromatic heterocycles. The summed E-state index contributed by atoms with van der Waals surface area (Å²) < 4.78 is 5.19. The molecule has 0 unspecified atom stereocenters. The zero-order valence-corrected chi connectivity index (χ0v) is 22.6. The molecule has 3 aromatic carbocycles. The molecular weight excluding hydrogens is 516 g/mol. The number of ether oxygens (including phenoxy) is 1. The highest BCUT2D eigenvalue weighted by Crippen LogP contribution is 2.29. The maximum atomic E-state index is 13.6. The summed E-state index contributed by atoms with van der Waals surface area (Å²) in [7, 11) is 1.60. The largest absolute Gasteiger partial charge is 0.497 e. The van der Waals surface area contributed by atoms with Gasteiger partial charge in [-0.15, -0.1) is 0 Å². The number of hydrogen-bond acceptors (Lipinski definition) is 5. The molecule has 3 amide bonds. The van der Waals surface area contributed by atoms with Crippen molar-refractivity contribution in [3.63, 3.8) is 0 Å². The van der Waals surface area contributed by atoms with Gasteiger partial charge in [0.15, 0.2) is 0 Å². The highest BCUT2D eigenvalue weighted by Gasteiger charge is 2.28. The highest BCUT2D eigenvalue weighted by molar-refractivity contribution is 6.30. The molecule has 2 aliphatic rings. The number of nitrogens with zero attached hydrogens (tertiary/aromatic N) is 3. The van der Waals surface area contributed by atoms with E-state index in [4.69, 9.17) is 16.3 Å². The Bertz CT molecular complexity index is 1350. The van der Waals surface area contributed by atoms with E-state index in [9.17, 15) is 14.4 Å². The number of benzene rings is 3. The van der Waals surface area contributed by atoms with E-state index in [1.54, 1.807) is 61.7 Å². The molecule has 3 aromatic rings. The first kappa shape index (κ1) is 26.6. The Labute approximate surface area is 233 Å². The lowest BCUT2D eigenvalue weighted by Crippen LogP contribution is -2.49. The summed E-state index contributed by atoms with van der Waals surface area (Å²) in [6.07, 6.45) is 1.97. The number of nitrogens with one attached hydrogen (secondary N) is 1. The van der Waals surface area contributed by atoms with Crippen LogP contribution in [-0.2, 0) is 0 Å². The van der Waals surface area contributed by atoms with E-state index < -0.39 is 0 Å².